The van der Waals surface area contributed by atoms with Crippen LogP contribution in [-0.2, 0) is 4.74 Å². The number of ether oxygens (including phenoxy) is 1. The molecular weight excluding hydrogens is 239 g/mol. The number of rotatable bonds is 2. The van der Waals surface area contributed by atoms with E-state index in [9.17, 15) is 14.3 Å². The van der Waals surface area contributed by atoms with E-state index in [-0.39, 0.29) is 16.9 Å². The number of carbonyl (C=O) groups excluding carboxylic acids is 1. The fraction of sp³-hybridized carbons (Fsp3) is 0.417. The minimum Gasteiger partial charge on any atom is -0.465 e. The van der Waals surface area contributed by atoms with E-state index in [2.05, 4.69) is 4.74 Å². The molecule has 1 unspecified atom stereocenters. The highest BCUT2D eigenvalue weighted by molar-refractivity contribution is 5.96. The number of hydrogen-bond acceptors (Lipinski definition) is 5. The van der Waals surface area contributed by atoms with Gasteiger partial charge >= 0.3 is 5.97 Å². The molecule has 1 aliphatic heterocycles. The van der Waals surface area contributed by atoms with Crippen LogP contribution in [0.2, 0.25) is 0 Å². The van der Waals surface area contributed by atoms with Crippen molar-refractivity contribution in [1.82, 2.24) is 0 Å². The van der Waals surface area contributed by atoms with Crippen LogP contribution in [0, 0.1) is 5.82 Å². The largest absolute Gasteiger partial charge is 0.465 e. The van der Waals surface area contributed by atoms with Crippen molar-refractivity contribution in [2.45, 2.75) is 12.5 Å². The van der Waals surface area contributed by atoms with Gasteiger partial charge in [-0.1, -0.05) is 0 Å². The lowest BCUT2D eigenvalue weighted by Crippen LogP contribution is -2.23. The highest BCUT2D eigenvalue weighted by atomic mass is 19.1. The Morgan fingerprint density at radius 1 is 1.61 bits per heavy atom. The van der Waals surface area contributed by atoms with Gasteiger partial charge in [0.15, 0.2) is 0 Å². The number of methoxy groups -OCH3 is 1. The van der Waals surface area contributed by atoms with Gasteiger partial charge in [-0.15, -0.1) is 0 Å². The second kappa shape index (κ2) is 4.81. The molecule has 1 aliphatic rings. The van der Waals surface area contributed by atoms with Crippen molar-refractivity contribution in [3.63, 3.8) is 0 Å². The topological polar surface area (TPSA) is 75.8 Å². The van der Waals surface area contributed by atoms with Crippen LogP contribution in [0.3, 0.4) is 0 Å². The lowest BCUT2D eigenvalue weighted by Gasteiger charge is -2.19. The summed E-state index contributed by atoms with van der Waals surface area (Å²) in [6.45, 7) is 0.893. The summed E-state index contributed by atoms with van der Waals surface area (Å²) in [6, 6.07) is 2.47. The molecule has 0 bridgehead atoms. The second-order valence-electron chi connectivity index (χ2n) is 4.27. The number of nitrogens with two attached hydrogens (primary N) is 1. The predicted molar refractivity (Wildman–Crippen MR) is 65.0 cm³/mol. The summed E-state index contributed by atoms with van der Waals surface area (Å²) in [5, 5.41) is 9.45. The number of halogens is 1. The first kappa shape index (κ1) is 12.6. The molecule has 6 heteroatoms. The summed E-state index contributed by atoms with van der Waals surface area (Å²) in [6.07, 6.45) is 0.112. The molecule has 5 nitrogen and oxygen atoms in total. The molecule has 1 fully saturated rings. The second-order valence-corrected chi connectivity index (χ2v) is 4.27. The van der Waals surface area contributed by atoms with Gasteiger partial charge < -0.3 is 20.5 Å². The maximum absolute atomic E-state index is 13.8. The molecule has 0 aliphatic carbocycles. The third-order valence-corrected chi connectivity index (χ3v) is 3.03. The predicted octanol–water partition coefficient (Wildman–Crippen LogP) is 0.766. The van der Waals surface area contributed by atoms with Crippen LogP contribution >= 0.6 is 0 Å². The van der Waals surface area contributed by atoms with Gasteiger partial charge in [0, 0.05) is 18.8 Å². The Morgan fingerprint density at radius 3 is 2.89 bits per heavy atom. The van der Waals surface area contributed by atoms with Gasteiger partial charge in [0.2, 0.25) is 0 Å². The lowest BCUT2D eigenvalue weighted by molar-refractivity contribution is 0.0602. The number of nitrogens with zero attached hydrogens (tertiary/aromatic N) is 1. The van der Waals surface area contributed by atoms with Crippen molar-refractivity contribution in [3.8, 4) is 0 Å². The fourth-order valence-electron chi connectivity index (χ4n) is 2.07. The van der Waals surface area contributed by atoms with Gasteiger partial charge in [-0.3, -0.25) is 0 Å². The number of aliphatic hydroxyl groups is 1. The number of esters is 1. The lowest BCUT2D eigenvalue weighted by atomic mass is 10.1. The van der Waals surface area contributed by atoms with Gasteiger partial charge in [0.05, 0.1) is 24.5 Å². The first-order chi connectivity index (χ1) is 8.52. The molecule has 1 atom stereocenters. The van der Waals surface area contributed by atoms with Crippen molar-refractivity contribution >= 4 is 17.3 Å². The van der Waals surface area contributed by atoms with E-state index in [1.807, 2.05) is 0 Å². The normalized spacial score (nSPS) is 19.1. The Balaban J connectivity index is 2.38. The van der Waals surface area contributed by atoms with Crippen LogP contribution in [0.15, 0.2) is 12.1 Å². The first-order valence-corrected chi connectivity index (χ1v) is 5.63. The summed E-state index contributed by atoms with van der Waals surface area (Å²) >= 11 is 0. The molecule has 0 saturated carbocycles. The van der Waals surface area contributed by atoms with Crippen molar-refractivity contribution in [3.05, 3.63) is 23.5 Å². The van der Waals surface area contributed by atoms with E-state index in [4.69, 9.17) is 5.73 Å². The molecule has 18 heavy (non-hydrogen) atoms. The monoisotopic (exact) mass is 254 g/mol. The molecule has 1 saturated heterocycles. The molecule has 1 aromatic carbocycles. The molecule has 1 aromatic rings. The Morgan fingerprint density at radius 2 is 2.33 bits per heavy atom. The Labute approximate surface area is 104 Å². The fourth-order valence-corrected chi connectivity index (χ4v) is 2.07. The minimum absolute atomic E-state index is 0.0443. The number of benzene rings is 1. The van der Waals surface area contributed by atoms with Gasteiger partial charge in [-0.2, -0.15) is 0 Å². The Bertz CT molecular complexity index is 479. The van der Waals surface area contributed by atoms with Gasteiger partial charge in [-0.25, -0.2) is 9.18 Å². The highest BCUT2D eigenvalue weighted by Gasteiger charge is 2.24. The zero-order valence-corrected chi connectivity index (χ0v) is 10.0. The Kier molecular flexibility index (Phi) is 3.38. The third-order valence-electron chi connectivity index (χ3n) is 3.03. The average molecular weight is 254 g/mol. The van der Waals surface area contributed by atoms with Crippen molar-refractivity contribution < 1.29 is 19.0 Å². The van der Waals surface area contributed by atoms with Crippen LogP contribution in [0.25, 0.3) is 0 Å². The van der Waals surface area contributed by atoms with Crippen molar-refractivity contribution in [2.75, 3.05) is 30.8 Å². The van der Waals surface area contributed by atoms with Gasteiger partial charge in [-0.05, 0) is 18.6 Å². The summed E-state index contributed by atoms with van der Waals surface area (Å²) < 4.78 is 18.4. The highest BCUT2D eigenvalue weighted by Crippen LogP contribution is 2.28. The van der Waals surface area contributed by atoms with Crippen LogP contribution in [0.1, 0.15) is 16.8 Å². The third kappa shape index (κ3) is 2.24. The number of carbonyl (C=O) groups is 1. The van der Waals surface area contributed by atoms with E-state index in [1.165, 1.54) is 13.2 Å². The number of hydrogen-bond donors (Lipinski definition) is 2. The van der Waals surface area contributed by atoms with E-state index < -0.39 is 17.9 Å². The van der Waals surface area contributed by atoms with Crippen LogP contribution in [-0.4, -0.2) is 37.4 Å². The van der Waals surface area contributed by atoms with Gasteiger partial charge in [0.1, 0.15) is 5.82 Å². The Hall–Kier alpha value is -1.82. The number of aliphatic hydroxyl groups excluding tert-OH is 1. The maximum Gasteiger partial charge on any atom is 0.340 e. The van der Waals surface area contributed by atoms with Gasteiger partial charge in [0.25, 0.3) is 0 Å². The van der Waals surface area contributed by atoms with Crippen LogP contribution in [0.4, 0.5) is 15.8 Å². The molecule has 3 N–H and O–H groups in total. The summed E-state index contributed by atoms with van der Waals surface area (Å²) in [5.41, 5.74) is 6.03. The molecular formula is C12H15FN2O3. The number of nitrogen functional groups attached to an aromatic ring is 1. The molecule has 0 radical (unpaired) electrons. The summed E-state index contributed by atoms with van der Waals surface area (Å²) in [7, 11) is 1.24. The number of anilines is 2. The molecule has 0 aromatic heterocycles. The van der Waals surface area contributed by atoms with E-state index in [1.54, 1.807) is 4.90 Å². The zero-order valence-electron chi connectivity index (χ0n) is 10.0. The van der Waals surface area contributed by atoms with E-state index >= 15 is 0 Å². The standard InChI is InChI=1S/C12H15FN2O3/c1-18-12(17)8-4-11(9(13)5-10(8)14)15-3-2-7(16)6-15/h4-5,7,16H,2-3,6,14H2,1H3. The smallest absolute Gasteiger partial charge is 0.340 e. The van der Waals surface area contributed by atoms with E-state index in [0.717, 1.165) is 6.07 Å². The quantitative estimate of drug-likeness (QED) is 0.602. The maximum atomic E-state index is 13.8. The van der Waals surface area contributed by atoms with Crippen molar-refractivity contribution in [2.24, 2.45) is 0 Å². The average Bonchev–Trinajstić information content (AvgIpc) is 2.75. The first-order valence-electron chi connectivity index (χ1n) is 5.63. The zero-order chi connectivity index (χ0) is 13.3. The molecule has 0 spiro atoms. The van der Waals surface area contributed by atoms with Crippen LogP contribution < -0.4 is 10.6 Å². The van der Waals surface area contributed by atoms with Crippen LogP contribution in [0.5, 0.6) is 0 Å². The summed E-state index contributed by atoms with van der Waals surface area (Å²) in [5.74, 6) is -1.11. The minimum atomic E-state index is -0.603. The molecule has 0 amide bonds. The number of β-amino-alcohol motifs (C(OH)–C–C–N with tert-alkyl or cyclic N) is 1. The molecule has 2 rings (SSSR count). The van der Waals surface area contributed by atoms with Crippen molar-refractivity contribution in [1.29, 1.82) is 0 Å². The SMILES string of the molecule is COC(=O)c1cc(N2CCC(O)C2)c(F)cc1N. The molecule has 1 heterocycles. The summed E-state index contributed by atoms with van der Waals surface area (Å²) in [4.78, 5) is 13.2. The molecule has 98 valence electrons. The van der Waals surface area contributed by atoms with E-state index in [0.29, 0.717) is 19.5 Å².